The van der Waals surface area contributed by atoms with E-state index in [0.717, 1.165) is 36.3 Å². The Hall–Kier alpha value is -3.99. The molecule has 0 bridgehead atoms. The zero-order valence-corrected chi connectivity index (χ0v) is 22.6. The summed E-state index contributed by atoms with van der Waals surface area (Å²) < 4.78 is 4.99. The number of likely N-dealkylation sites (tertiary alicyclic amines) is 1. The van der Waals surface area contributed by atoms with Gasteiger partial charge in [-0.3, -0.25) is 14.6 Å². The first kappa shape index (κ1) is 26.2. The Bertz CT molecular complexity index is 1440. The molecule has 206 valence electrons. The number of benzene rings is 1. The van der Waals surface area contributed by atoms with E-state index >= 15 is 0 Å². The number of carbonyl (C=O) groups is 2. The minimum Gasteiger partial charge on any atom is -0.384 e. The van der Waals surface area contributed by atoms with Crippen LogP contribution in [0.2, 0.25) is 0 Å². The number of carbonyl (C=O) groups excluding carboxylic acids is 2. The first-order chi connectivity index (χ1) is 19.5. The molecule has 1 saturated heterocycles. The van der Waals surface area contributed by atoms with Crippen LogP contribution in [-0.4, -0.2) is 65.1 Å². The summed E-state index contributed by atoms with van der Waals surface area (Å²) in [7, 11) is 1.60. The van der Waals surface area contributed by atoms with Crippen LogP contribution in [0.4, 0.5) is 5.82 Å². The number of nitrogens with one attached hydrogen (secondary N) is 1. The molecule has 6 rings (SSSR count). The summed E-state index contributed by atoms with van der Waals surface area (Å²) in [5.74, 6) is 8.65. The fourth-order valence-corrected chi connectivity index (χ4v) is 5.63. The van der Waals surface area contributed by atoms with E-state index in [1.165, 1.54) is 18.4 Å². The van der Waals surface area contributed by atoms with Gasteiger partial charge in [-0.2, -0.15) is 10.8 Å². The van der Waals surface area contributed by atoms with E-state index in [9.17, 15) is 9.59 Å². The first-order valence-corrected chi connectivity index (χ1v) is 13.8. The number of amidine groups is 1. The fraction of sp³-hybridized carbons (Fsp3) is 0.367. The molecule has 1 aromatic heterocycles. The number of nitrogens with two attached hydrogens (primary N) is 1. The maximum Gasteiger partial charge on any atom is 0.264 e. The molecule has 2 unspecified atom stereocenters. The van der Waals surface area contributed by atoms with Crippen LogP contribution >= 0.6 is 0 Å². The normalized spacial score (nSPS) is 23.7. The molecule has 10 heteroatoms. The number of ether oxygens (including phenoxy) is 1. The van der Waals surface area contributed by atoms with Crippen LogP contribution in [-0.2, 0) is 9.53 Å². The Balaban J connectivity index is 1.21. The molecule has 2 amide bonds. The lowest BCUT2D eigenvalue weighted by Gasteiger charge is -2.33. The van der Waals surface area contributed by atoms with Crippen LogP contribution in [0.1, 0.15) is 59.5 Å². The molecule has 1 aliphatic carbocycles. The SMILES string of the molecule is COCCC(=O)N1CCCC(C2=C3C=NC=C[N+]3(N)C(c3ccc(C(=O)Nc4cc(C5CC5)ccn4)cc3)=N2)C1. The molecular weight excluding hydrogens is 506 g/mol. The number of quaternary nitrogens is 1. The van der Waals surface area contributed by atoms with Crippen molar-refractivity contribution in [3.05, 3.63) is 83.1 Å². The fourth-order valence-electron chi connectivity index (χ4n) is 5.63. The van der Waals surface area contributed by atoms with Gasteiger partial charge in [0, 0.05) is 37.9 Å². The highest BCUT2D eigenvalue weighted by Crippen LogP contribution is 2.40. The molecule has 0 radical (unpaired) electrons. The van der Waals surface area contributed by atoms with Crippen molar-refractivity contribution in [3.8, 4) is 0 Å². The molecule has 1 saturated carbocycles. The number of aromatic nitrogens is 1. The summed E-state index contributed by atoms with van der Waals surface area (Å²) in [5.41, 5.74) is 4.21. The van der Waals surface area contributed by atoms with Gasteiger partial charge >= 0.3 is 0 Å². The molecule has 4 aliphatic rings. The van der Waals surface area contributed by atoms with Crippen molar-refractivity contribution in [1.82, 2.24) is 9.88 Å². The van der Waals surface area contributed by atoms with E-state index in [0.29, 0.717) is 42.7 Å². The lowest BCUT2D eigenvalue weighted by atomic mass is 9.93. The summed E-state index contributed by atoms with van der Waals surface area (Å²) >= 11 is 0. The zero-order valence-electron chi connectivity index (χ0n) is 22.6. The molecular formula is C30H34N7O3+. The quantitative estimate of drug-likeness (QED) is 0.391. The molecule has 10 nitrogen and oxygen atoms in total. The lowest BCUT2D eigenvalue weighted by molar-refractivity contribution is -0.750. The summed E-state index contributed by atoms with van der Waals surface area (Å²) in [6.45, 7) is 1.73. The van der Waals surface area contributed by atoms with Crippen LogP contribution in [0.15, 0.2) is 76.4 Å². The van der Waals surface area contributed by atoms with E-state index in [4.69, 9.17) is 15.6 Å². The molecule has 40 heavy (non-hydrogen) atoms. The van der Waals surface area contributed by atoms with E-state index in [2.05, 4.69) is 15.3 Å². The van der Waals surface area contributed by atoms with Gasteiger partial charge in [-0.25, -0.2) is 4.98 Å². The predicted octanol–water partition coefficient (Wildman–Crippen LogP) is 3.70. The Labute approximate surface area is 233 Å². The van der Waals surface area contributed by atoms with Crippen LogP contribution in [0.25, 0.3) is 0 Å². The average Bonchev–Trinajstić information content (AvgIpc) is 3.79. The molecule has 4 heterocycles. The maximum absolute atomic E-state index is 13.0. The molecule has 2 fully saturated rings. The molecule has 1 aromatic carbocycles. The summed E-state index contributed by atoms with van der Waals surface area (Å²) in [6, 6.07) is 11.3. The van der Waals surface area contributed by atoms with Gasteiger partial charge in [-0.1, -0.05) is 0 Å². The van der Waals surface area contributed by atoms with Crippen LogP contribution in [0.3, 0.4) is 0 Å². The van der Waals surface area contributed by atoms with Crippen molar-refractivity contribution in [3.63, 3.8) is 0 Å². The van der Waals surface area contributed by atoms with Gasteiger partial charge in [-0.15, -0.1) is 4.59 Å². The molecule has 2 aromatic rings. The van der Waals surface area contributed by atoms with Gasteiger partial charge < -0.3 is 15.0 Å². The predicted molar refractivity (Wildman–Crippen MR) is 152 cm³/mol. The minimum absolute atomic E-state index is 0.0516. The summed E-state index contributed by atoms with van der Waals surface area (Å²) in [6.07, 6.45) is 11.5. The summed E-state index contributed by atoms with van der Waals surface area (Å²) in [4.78, 5) is 41.3. The molecule has 3 aliphatic heterocycles. The number of anilines is 1. The van der Waals surface area contributed by atoms with Crippen LogP contribution in [0.5, 0.6) is 0 Å². The van der Waals surface area contributed by atoms with Gasteiger partial charge in [0.2, 0.25) is 11.6 Å². The monoisotopic (exact) mass is 540 g/mol. The van der Waals surface area contributed by atoms with Gasteiger partial charge in [-0.05, 0) is 73.6 Å². The van der Waals surface area contributed by atoms with E-state index in [1.807, 2.05) is 35.4 Å². The number of rotatable bonds is 8. The number of hydrogen-bond donors (Lipinski definition) is 2. The van der Waals surface area contributed by atoms with Gasteiger partial charge in [0.15, 0.2) is 0 Å². The Kier molecular flexibility index (Phi) is 7.14. The second-order valence-corrected chi connectivity index (χ2v) is 10.8. The highest BCUT2D eigenvalue weighted by Gasteiger charge is 2.46. The van der Waals surface area contributed by atoms with Crippen molar-refractivity contribution < 1.29 is 18.9 Å². The van der Waals surface area contributed by atoms with Crippen molar-refractivity contribution in [2.75, 3.05) is 32.1 Å². The number of methoxy groups -OCH3 is 1. The van der Waals surface area contributed by atoms with E-state index < -0.39 is 0 Å². The van der Waals surface area contributed by atoms with Crippen molar-refractivity contribution in [1.29, 1.82) is 0 Å². The van der Waals surface area contributed by atoms with Gasteiger partial charge in [0.1, 0.15) is 17.7 Å². The number of hydrogen-bond acceptors (Lipinski definition) is 7. The van der Waals surface area contributed by atoms with Gasteiger partial charge in [0.25, 0.3) is 11.7 Å². The van der Waals surface area contributed by atoms with Gasteiger partial charge in [0.05, 0.1) is 31.0 Å². The second-order valence-electron chi connectivity index (χ2n) is 10.8. The number of aliphatic imine (C=N–C) groups is 2. The highest BCUT2D eigenvalue weighted by molar-refractivity contribution is 6.05. The largest absolute Gasteiger partial charge is 0.384 e. The molecule has 2 atom stereocenters. The average molecular weight is 541 g/mol. The second kappa shape index (κ2) is 10.9. The third-order valence-electron chi connectivity index (χ3n) is 7.98. The number of piperidine rings is 1. The minimum atomic E-state index is -0.220. The third kappa shape index (κ3) is 5.13. The number of amides is 2. The molecule has 0 spiro atoms. The smallest absolute Gasteiger partial charge is 0.264 e. The number of pyridine rings is 1. The Morgan fingerprint density at radius 2 is 1.98 bits per heavy atom. The Morgan fingerprint density at radius 1 is 1.15 bits per heavy atom. The number of nitrogens with zero attached hydrogens (tertiary/aromatic N) is 5. The number of allylic oxidation sites excluding steroid dienone is 1. The standard InChI is InChI=1S/C30H33N7O3/c1-40-16-11-27(38)36-14-2-3-24(19-36)28-25-18-32-13-15-37(25,31)29(35-28)21-6-8-22(9-7-21)30(39)34-26-17-23(10-12-33-26)20-4-5-20/h6-10,12-13,15,17-18,20,24H,2-5,11,14,16,19,31H2,1H3/p+1. The summed E-state index contributed by atoms with van der Waals surface area (Å²) in [5, 5.41) is 2.91. The lowest BCUT2D eigenvalue weighted by Crippen LogP contribution is -2.53. The third-order valence-corrected chi connectivity index (χ3v) is 7.98. The van der Waals surface area contributed by atoms with Crippen molar-refractivity contribution in [2.45, 2.75) is 38.0 Å². The van der Waals surface area contributed by atoms with Crippen LogP contribution in [0, 0.1) is 5.92 Å². The number of fused-ring (bicyclic) bond motifs is 1. The first-order valence-electron chi connectivity index (χ1n) is 13.8. The van der Waals surface area contributed by atoms with E-state index in [1.54, 1.807) is 37.9 Å². The Morgan fingerprint density at radius 3 is 2.75 bits per heavy atom. The zero-order chi connectivity index (χ0) is 27.7. The van der Waals surface area contributed by atoms with Crippen molar-refractivity contribution >= 4 is 29.7 Å². The molecule has 3 N–H and O–H groups in total. The highest BCUT2D eigenvalue weighted by atomic mass is 16.5. The van der Waals surface area contributed by atoms with Crippen molar-refractivity contribution in [2.24, 2.45) is 21.7 Å². The maximum atomic E-state index is 13.0. The topological polar surface area (TPSA) is 122 Å². The van der Waals surface area contributed by atoms with E-state index in [-0.39, 0.29) is 22.3 Å². The van der Waals surface area contributed by atoms with Crippen LogP contribution < -0.4 is 11.2 Å².